The zero-order chi connectivity index (χ0) is 7.28. The first kappa shape index (κ1) is 8.82. The van der Waals surface area contributed by atoms with Gasteiger partial charge in [0.25, 0.3) is 0 Å². The third-order valence-corrected chi connectivity index (χ3v) is 1.18. The SMILES string of the molecule is CPOCC(N)C(=O)O. The van der Waals surface area contributed by atoms with E-state index in [0.717, 1.165) is 0 Å². The van der Waals surface area contributed by atoms with E-state index >= 15 is 0 Å². The molecule has 2 unspecified atom stereocenters. The molecular formula is C4H10NO3P. The van der Waals surface area contributed by atoms with Crippen molar-refractivity contribution in [2.45, 2.75) is 6.04 Å². The number of hydrogen-bond donors (Lipinski definition) is 2. The molecule has 0 aromatic heterocycles. The molecule has 0 heterocycles. The third kappa shape index (κ3) is 4.33. The van der Waals surface area contributed by atoms with Gasteiger partial charge in [-0.25, -0.2) is 0 Å². The van der Waals surface area contributed by atoms with Crippen LogP contribution >= 0.6 is 8.81 Å². The molecule has 0 aliphatic carbocycles. The van der Waals surface area contributed by atoms with E-state index in [-0.39, 0.29) is 6.61 Å². The molecule has 0 saturated heterocycles. The van der Waals surface area contributed by atoms with Gasteiger partial charge in [0.1, 0.15) is 6.04 Å². The molecule has 0 saturated carbocycles. The molecule has 3 N–H and O–H groups in total. The van der Waals surface area contributed by atoms with E-state index in [1.807, 2.05) is 6.66 Å². The van der Waals surface area contributed by atoms with Crippen LogP contribution in [0.2, 0.25) is 0 Å². The quantitative estimate of drug-likeness (QED) is 0.538. The van der Waals surface area contributed by atoms with Gasteiger partial charge in [0.05, 0.1) is 6.61 Å². The van der Waals surface area contributed by atoms with Crippen LogP contribution in [0.15, 0.2) is 0 Å². The molecule has 0 radical (unpaired) electrons. The number of rotatable bonds is 4. The smallest absolute Gasteiger partial charge is 0.322 e. The molecule has 0 aromatic rings. The zero-order valence-electron chi connectivity index (χ0n) is 5.13. The lowest BCUT2D eigenvalue weighted by molar-refractivity contribution is -0.139. The summed E-state index contributed by atoms with van der Waals surface area (Å²) in [5.74, 6) is -1.02. The second-order valence-corrected chi connectivity index (χ2v) is 2.16. The average molecular weight is 151 g/mol. The predicted octanol–water partition coefficient (Wildman–Crippen LogP) is -0.362. The van der Waals surface area contributed by atoms with Crippen molar-refractivity contribution in [1.82, 2.24) is 0 Å². The van der Waals surface area contributed by atoms with E-state index in [4.69, 9.17) is 15.4 Å². The standard InChI is InChI=1S/C4H10NO3P/c1-9-8-2-3(5)4(6)7/h3,9H,2,5H2,1H3,(H,6,7). The van der Waals surface area contributed by atoms with Gasteiger partial charge in [-0.1, -0.05) is 0 Å². The Balaban J connectivity index is 3.27. The summed E-state index contributed by atoms with van der Waals surface area (Å²) >= 11 is 0. The first-order chi connectivity index (χ1) is 4.18. The number of carboxylic acids is 1. The van der Waals surface area contributed by atoms with Crippen LogP contribution in [0.5, 0.6) is 0 Å². The second-order valence-electron chi connectivity index (χ2n) is 1.46. The van der Waals surface area contributed by atoms with E-state index in [9.17, 15) is 4.79 Å². The van der Waals surface area contributed by atoms with Crippen molar-refractivity contribution in [3.05, 3.63) is 0 Å². The Morgan fingerprint density at radius 3 is 2.89 bits per heavy atom. The molecule has 0 amide bonds. The maximum Gasteiger partial charge on any atom is 0.322 e. The van der Waals surface area contributed by atoms with E-state index < -0.39 is 12.0 Å². The van der Waals surface area contributed by atoms with Gasteiger partial charge in [-0.2, -0.15) is 0 Å². The summed E-state index contributed by atoms with van der Waals surface area (Å²) in [6.45, 7) is 1.92. The third-order valence-electron chi connectivity index (χ3n) is 0.724. The van der Waals surface area contributed by atoms with Crippen LogP contribution in [0.4, 0.5) is 0 Å². The molecule has 0 fully saturated rings. The fraction of sp³-hybridized carbons (Fsp3) is 0.750. The van der Waals surface area contributed by atoms with E-state index in [1.54, 1.807) is 0 Å². The summed E-state index contributed by atoms with van der Waals surface area (Å²) in [6.07, 6.45) is 0. The second kappa shape index (κ2) is 4.68. The fourth-order valence-electron chi connectivity index (χ4n) is 0.244. The van der Waals surface area contributed by atoms with Gasteiger partial charge in [0.2, 0.25) is 0 Å². The maximum atomic E-state index is 10.0. The highest BCUT2D eigenvalue weighted by atomic mass is 31.1. The molecule has 0 spiro atoms. The lowest BCUT2D eigenvalue weighted by Crippen LogP contribution is -2.33. The Morgan fingerprint density at radius 1 is 2.00 bits per heavy atom. The number of carbonyl (C=O) groups is 1. The molecule has 0 aliphatic heterocycles. The van der Waals surface area contributed by atoms with Gasteiger partial charge in [0.15, 0.2) is 0 Å². The van der Waals surface area contributed by atoms with Gasteiger partial charge in [-0.15, -0.1) is 0 Å². The summed E-state index contributed by atoms with van der Waals surface area (Å²) in [4.78, 5) is 10.0. The molecule has 0 aliphatic rings. The van der Waals surface area contributed by atoms with Crippen molar-refractivity contribution in [3.63, 3.8) is 0 Å². The van der Waals surface area contributed by atoms with Crippen molar-refractivity contribution in [1.29, 1.82) is 0 Å². The molecule has 5 heteroatoms. The number of nitrogens with two attached hydrogens (primary N) is 1. The lowest BCUT2D eigenvalue weighted by atomic mass is 10.3. The van der Waals surface area contributed by atoms with Gasteiger partial charge < -0.3 is 15.4 Å². The van der Waals surface area contributed by atoms with Gasteiger partial charge >= 0.3 is 5.97 Å². The predicted molar refractivity (Wildman–Crippen MR) is 35.8 cm³/mol. The van der Waals surface area contributed by atoms with Gasteiger partial charge in [0, 0.05) is 8.81 Å². The average Bonchev–Trinajstić information content (AvgIpc) is 1.82. The summed E-state index contributed by atoms with van der Waals surface area (Å²) in [5, 5.41) is 8.21. The molecule has 2 atom stereocenters. The minimum absolute atomic E-state index is 0.101. The molecule has 0 aromatic carbocycles. The minimum Gasteiger partial charge on any atom is -0.480 e. The lowest BCUT2D eigenvalue weighted by Gasteiger charge is -2.03. The first-order valence-electron chi connectivity index (χ1n) is 2.45. The zero-order valence-corrected chi connectivity index (χ0v) is 6.13. The van der Waals surface area contributed by atoms with Crippen LogP contribution in [-0.4, -0.2) is 30.4 Å². The molecule has 0 rings (SSSR count). The highest BCUT2D eigenvalue weighted by molar-refractivity contribution is 7.31. The first-order valence-corrected chi connectivity index (χ1v) is 3.86. The molecule has 4 nitrogen and oxygen atoms in total. The number of aliphatic carboxylic acids is 1. The Bertz CT molecular complexity index is 97.8. The summed E-state index contributed by atoms with van der Waals surface area (Å²) in [7, 11) is 0.300. The molecule has 0 bridgehead atoms. The summed E-state index contributed by atoms with van der Waals surface area (Å²) in [5.41, 5.74) is 5.08. The van der Waals surface area contributed by atoms with Crippen LogP contribution in [0.25, 0.3) is 0 Å². The van der Waals surface area contributed by atoms with E-state index in [1.165, 1.54) is 0 Å². The van der Waals surface area contributed by atoms with E-state index in [2.05, 4.69) is 0 Å². The monoisotopic (exact) mass is 151 g/mol. The largest absolute Gasteiger partial charge is 0.480 e. The van der Waals surface area contributed by atoms with Crippen LogP contribution < -0.4 is 5.73 Å². The summed E-state index contributed by atoms with van der Waals surface area (Å²) < 4.78 is 4.78. The van der Waals surface area contributed by atoms with Crippen LogP contribution in [0.3, 0.4) is 0 Å². The molecule has 9 heavy (non-hydrogen) atoms. The van der Waals surface area contributed by atoms with E-state index in [0.29, 0.717) is 8.81 Å². The summed E-state index contributed by atoms with van der Waals surface area (Å²) in [6, 6.07) is -0.877. The number of hydrogen-bond acceptors (Lipinski definition) is 3. The van der Waals surface area contributed by atoms with Crippen LogP contribution in [0, 0.1) is 0 Å². The van der Waals surface area contributed by atoms with Gasteiger partial charge in [-0.3, -0.25) is 4.79 Å². The Labute approximate surface area is 55.2 Å². The van der Waals surface area contributed by atoms with Crippen molar-refractivity contribution in [2.75, 3.05) is 13.3 Å². The maximum absolute atomic E-state index is 10.0. The molecule has 54 valence electrons. The molecular weight excluding hydrogens is 141 g/mol. The van der Waals surface area contributed by atoms with Crippen molar-refractivity contribution in [2.24, 2.45) is 5.73 Å². The topological polar surface area (TPSA) is 72.5 Å². The fourth-order valence-corrected chi connectivity index (χ4v) is 0.591. The highest BCUT2D eigenvalue weighted by Gasteiger charge is 2.09. The minimum atomic E-state index is -1.02. The van der Waals surface area contributed by atoms with Crippen molar-refractivity contribution in [3.8, 4) is 0 Å². The van der Waals surface area contributed by atoms with Gasteiger partial charge in [-0.05, 0) is 6.66 Å². The Hall–Kier alpha value is -0.180. The van der Waals surface area contributed by atoms with Crippen molar-refractivity contribution < 1.29 is 14.4 Å². The Kier molecular flexibility index (Phi) is 4.58. The van der Waals surface area contributed by atoms with Crippen LogP contribution in [-0.2, 0) is 9.32 Å². The number of carboxylic acid groups (broad SMARTS) is 1. The van der Waals surface area contributed by atoms with Crippen LogP contribution in [0.1, 0.15) is 0 Å². The normalized spacial score (nSPS) is 14.4. The highest BCUT2D eigenvalue weighted by Crippen LogP contribution is 2.03. The van der Waals surface area contributed by atoms with Crippen molar-refractivity contribution >= 4 is 14.8 Å². The Morgan fingerprint density at radius 2 is 2.56 bits per heavy atom.